The smallest absolute Gasteiger partial charge is 0.246 e. The Morgan fingerprint density at radius 3 is 2.42 bits per heavy atom. The lowest BCUT2D eigenvalue weighted by atomic mass is 10.1. The predicted molar refractivity (Wildman–Crippen MR) is 176 cm³/mol. The summed E-state index contributed by atoms with van der Waals surface area (Å²) >= 11 is 5.19. The van der Waals surface area contributed by atoms with E-state index in [0.717, 1.165) is 28.2 Å². The highest BCUT2D eigenvalue weighted by Crippen LogP contribution is 2.35. The SMILES string of the molecule is COc1ccc(Br)cc1S(=O)(=O)N1CCN(Cc2c(-c3ccccc3)nc3ccc(-c4cc5ccccc5s4)cn23)CC1. The molecule has 10 heteroatoms. The van der Waals surface area contributed by atoms with Crippen LogP contribution in [0.2, 0.25) is 0 Å². The summed E-state index contributed by atoms with van der Waals surface area (Å²) in [5.74, 6) is 0.346. The normalized spacial score (nSPS) is 14.9. The van der Waals surface area contributed by atoms with Crippen LogP contribution >= 0.6 is 27.3 Å². The number of benzene rings is 3. The first kappa shape index (κ1) is 28.2. The molecular formula is C33H29BrN4O3S2. The third-order valence-corrected chi connectivity index (χ3v) is 11.5. The third kappa shape index (κ3) is 5.38. The van der Waals surface area contributed by atoms with E-state index < -0.39 is 10.0 Å². The highest BCUT2D eigenvalue weighted by atomic mass is 79.9. The van der Waals surface area contributed by atoms with E-state index in [-0.39, 0.29) is 4.90 Å². The molecule has 0 unspecified atom stereocenters. The predicted octanol–water partition coefficient (Wildman–Crippen LogP) is 7.16. The van der Waals surface area contributed by atoms with Crippen molar-refractivity contribution >= 4 is 53.0 Å². The minimum Gasteiger partial charge on any atom is -0.495 e. The van der Waals surface area contributed by atoms with E-state index in [1.54, 1.807) is 33.8 Å². The Morgan fingerprint density at radius 1 is 0.884 bits per heavy atom. The number of hydrogen-bond acceptors (Lipinski definition) is 6. The van der Waals surface area contributed by atoms with Gasteiger partial charge in [0.05, 0.1) is 18.5 Å². The maximum atomic E-state index is 13.6. The first-order valence-corrected chi connectivity index (χ1v) is 17.1. The largest absolute Gasteiger partial charge is 0.495 e. The molecule has 3 aromatic carbocycles. The number of hydrogen-bond donors (Lipinski definition) is 0. The quantitative estimate of drug-likeness (QED) is 0.180. The summed E-state index contributed by atoms with van der Waals surface area (Å²) in [5, 5.41) is 1.24. The van der Waals surface area contributed by atoms with Crippen molar-refractivity contribution in [3.8, 4) is 27.4 Å². The van der Waals surface area contributed by atoms with Gasteiger partial charge in [0.25, 0.3) is 0 Å². The van der Waals surface area contributed by atoms with Crippen LogP contribution in [0.5, 0.6) is 5.75 Å². The van der Waals surface area contributed by atoms with E-state index >= 15 is 0 Å². The second-order valence-corrected chi connectivity index (χ2v) is 14.4. The first-order chi connectivity index (χ1) is 20.9. The van der Waals surface area contributed by atoms with Crippen molar-refractivity contribution in [2.45, 2.75) is 11.4 Å². The van der Waals surface area contributed by atoms with Crippen LogP contribution in [0.3, 0.4) is 0 Å². The number of pyridine rings is 1. The lowest BCUT2D eigenvalue weighted by molar-refractivity contribution is 0.179. The van der Waals surface area contributed by atoms with Crippen LogP contribution in [0.1, 0.15) is 5.69 Å². The maximum absolute atomic E-state index is 13.6. The van der Waals surface area contributed by atoms with Crippen LogP contribution in [0.4, 0.5) is 0 Å². The number of nitrogens with zero attached hydrogens (tertiary/aromatic N) is 4. The summed E-state index contributed by atoms with van der Waals surface area (Å²) in [5.41, 5.74) is 5.14. The van der Waals surface area contributed by atoms with E-state index in [0.29, 0.717) is 42.9 Å². The highest BCUT2D eigenvalue weighted by Gasteiger charge is 2.31. The lowest BCUT2D eigenvalue weighted by Gasteiger charge is -2.34. The third-order valence-electron chi connectivity index (χ3n) is 7.92. The minimum absolute atomic E-state index is 0.180. The first-order valence-electron chi connectivity index (χ1n) is 14.0. The van der Waals surface area contributed by atoms with Gasteiger partial charge in [0.2, 0.25) is 10.0 Å². The van der Waals surface area contributed by atoms with E-state index in [1.807, 2.05) is 18.2 Å². The molecule has 7 rings (SSSR count). The van der Waals surface area contributed by atoms with Crippen molar-refractivity contribution in [3.63, 3.8) is 0 Å². The fourth-order valence-corrected chi connectivity index (χ4v) is 8.84. The van der Waals surface area contributed by atoms with Crippen molar-refractivity contribution in [1.82, 2.24) is 18.6 Å². The average Bonchev–Trinajstić information content (AvgIpc) is 3.63. The summed E-state index contributed by atoms with van der Waals surface area (Å²) < 4.78 is 38.3. The Balaban J connectivity index is 1.20. The summed E-state index contributed by atoms with van der Waals surface area (Å²) in [6, 6.07) is 30.3. The van der Waals surface area contributed by atoms with Crippen molar-refractivity contribution in [2.75, 3.05) is 33.3 Å². The standard InChI is InChI=1S/C33H29BrN4O3S2/c1-41-28-13-12-26(34)20-31(28)43(39,40)37-17-15-36(16-18-37)22-27-33(23-7-3-2-4-8-23)35-32-14-11-25(21-38(27)32)30-19-24-9-5-6-10-29(24)42-30/h2-14,19-21H,15-18,22H2,1H3. The van der Waals surface area contributed by atoms with Gasteiger partial charge in [0.1, 0.15) is 16.3 Å². The van der Waals surface area contributed by atoms with Gasteiger partial charge >= 0.3 is 0 Å². The van der Waals surface area contributed by atoms with Gasteiger partial charge in [-0.15, -0.1) is 11.3 Å². The topological polar surface area (TPSA) is 67.2 Å². The number of ether oxygens (including phenoxy) is 1. The molecule has 0 bridgehead atoms. The number of rotatable bonds is 7. The molecular weight excluding hydrogens is 644 g/mol. The number of fused-ring (bicyclic) bond motifs is 2. The zero-order valence-electron chi connectivity index (χ0n) is 23.5. The Hall–Kier alpha value is -3.54. The number of methoxy groups -OCH3 is 1. The summed E-state index contributed by atoms with van der Waals surface area (Å²) in [6.07, 6.45) is 2.19. The molecule has 0 spiro atoms. The molecule has 0 amide bonds. The van der Waals surface area contributed by atoms with Crippen LogP contribution in [0.15, 0.2) is 107 Å². The fraction of sp³-hybridized carbons (Fsp3) is 0.182. The van der Waals surface area contributed by atoms with Gasteiger partial charge in [-0.05, 0) is 47.9 Å². The van der Waals surface area contributed by atoms with Crippen molar-refractivity contribution in [1.29, 1.82) is 0 Å². The minimum atomic E-state index is -3.71. The molecule has 4 heterocycles. The number of piperazine rings is 1. The Labute approximate surface area is 263 Å². The molecule has 1 fully saturated rings. The molecule has 0 atom stereocenters. The molecule has 1 saturated heterocycles. The second-order valence-electron chi connectivity index (χ2n) is 10.5. The lowest BCUT2D eigenvalue weighted by Crippen LogP contribution is -2.48. The monoisotopic (exact) mass is 672 g/mol. The van der Waals surface area contributed by atoms with E-state index in [9.17, 15) is 8.42 Å². The zero-order valence-corrected chi connectivity index (χ0v) is 26.7. The molecule has 0 N–H and O–H groups in total. The molecule has 7 nitrogen and oxygen atoms in total. The summed E-state index contributed by atoms with van der Waals surface area (Å²) in [7, 11) is -2.22. The van der Waals surface area contributed by atoms with E-state index in [2.05, 4.69) is 86.0 Å². The van der Waals surface area contributed by atoms with Gasteiger partial charge in [-0.3, -0.25) is 4.90 Å². The van der Waals surface area contributed by atoms with Gasteiger partial charge in [0.15, 0.2) is 0 Å². The van der Waals surface area contributed by atoms with E-state index in [1.165, 1.54) is 22.1 Å². The number of thiophene rings is 1. The van der Waals surface area contributed by atoms with Gasteiger partial charge in [-0.2, -0.15) is 4.31 Å². The van der Waals surface area contributed by atoms with Crippen LogP contribution in [-0.4, -0.2) is 60.3 Å². The second kappa shape index (κ2) is 11.5. The van der Waals surface area contributed by atoms with Gasteiger partial charge in [-0.1, -0.05) is 64.5 Å². The molecule has 43 heavy (non-hydrogen) atoms. The summed E-state index contributed by atoms with van der Waals surface area (Å²) in [4.78, 5) is 8.77. The number of halogens is 1. The van der Waals surface area contributed by atoms with Crippen molar-refractivity contribution in [2.24, 2.45) is 0 Å². The van der Waals surface area contributed by atoms with Gasteiger partial charge in [0, 0.05) is 64.1 Å². The molecule has 0 saturated carbocycles. The number of imidazole rings is 1. The van der Waals surface area contributed by atoms with Crippen LogP contribution < -0.4 is 4.74 Å². The zero-order chi connectivity index (χ0) is 29.6. The van der Waals surface area contributed by atoms with Crippen LogP contribution in [0, 0.1) is 0 Å². The number of sulfonamides is 1. The van der Waals surface area contributed by atoms with Crippen molar-refractivity contribution < 1.29 is 13.2 Å². The van der Waals surface area contributed by atoms with Gasteiger partial charge in [-0.25, -0.2) is 13.4 Å². The molecule has 3 aromatic heterocycles. The Bertz CT molecular complexity index is 2020. The molecule has 0 aliphatic carbocycles. The average molecular weight is 674 g/mol. The van der Waals surface area contributed by atoms with Crippen LogP contribution in [0.25, 0.3) is 37.4 Å². The molecule has 6 aromatic rings. The Morgan fingerprint density at radius 2 is 1.65 bits per heavy atom. The van der Waals surface area contributed by atoms with E-state index in [4.69, 9.17) is 9.72 Å². The van der Waals surface area contributed by atoms with Crippen LogP contribution in [-0.2, 0) is 16.6 Å². The molecule has 1 aliphatic rings. The number of aromatic nitrogens is 2. The molecule has 218 valence electrons. The maximum Gasteiger partial charge on any atom is 0.246 e. The highest BCUT2D eigenvalue weighted by molar-refractivity contribution is 9.10. The van der Waals surface area contributed by atoms with Crippen molar-refractivity contribution in [3.05, 3.63) is 107 Å². The summed E-state index contributed by atoms with van der Waals surface area (Å²) in [6.45, 7) is 2.64. The fourth-order valence-electron chi connectivity index (χ4n) is 5.67. The molecule has 0 radical (unpaired) electrons. The van der Waals surface area contributed by atoms with Gasteiger partial charge < -0.3 is 9.14 Å². The molecule has 1 aliphatic heterocycles. The Kier molecular flexibility index (Phi) is 7.56.